The minimum Gasteiger partial charge on any atom is -0.462 e. The van der Waals surface area contributed by atoms with Crippen molar-refractivity contribution >= 4 is 11.9 Å². The monoisotopic (exact) mass is 732 g/mol. The molecular weight excluding hydrogens is 676 g/mol. The molecule has 0 aromatic rings. The van der Waals surface area contributed by atoms with Gasteiger partial charge in [-0.25, -0.2) is 0 Å². The average Bonchev–Trinajstić information content (AvgIpc) is 3.91. The molecule has 8 fully saturated rings. The Hall–Kier alpha value is -1.68. The molecule has 19 atom stereocenters. The van der Waals surface area contributed by atoms with Crippen LogP contribution in [0, 0.1) is 44.8 Å². The predicted molar refractivity (Wildman–Crippen MR) is 179 cm³/mol. The van der Waals surface area contributed by atoms with Gasteiger partial charge in [0, 0.05) is 42.4 Å². The number of epoxide rings is 1. The third-order valence-corrected chi connectivity index (χ3v) is 16.5. The fourth-order valence-corrected chi connectivity index (χ4v) is 14.1. The maximum Gasteiger partial charge on any atom is 0.303 e. The first-order valence-corrected chi connectivity index (χ1v) is 19.3. The van der Waals surface area contributed by atoms with E-state index in [2.05, 4.69) is 40.7 Å². The molecule has 4 saturated heterocycles. The Morgan fingerprint density at radius 3 is 2.27 bits per heavy atom. The number of aliphatic hydroxyl groups is 4. The highest BCUT2D eigenvalue weighted by molar-refractivity contribution is 5.67. The molecule has 9 aliphatic rings. The summed E-state index contributed by atoms with van der Waals surface area (Å²) >= 11 is 0. The molecule has 0 aromatic carbocycles. The molecule has 5 aliphatic carbocycles. The van der Waals surface area contributed by atoms with E-state index in [0.29, 0.717) is 19.3 Å². The highest BCUT2D eigenvalue weighted by Crippen LogP contribution is 2.88. The Morgan fingerprint density at radius 1 is 0.923 bits per heavy atom. The third kappa shape index (κ3) is 4.16. The van der Waals surface area contributed by atoms with Gasteiger partial charge in [-0.15, -0.1) is 0 Å². The molecule has 0 unspecified atom stereocenters. The summed E-state index contributed by atoms with van der Waals surface area (Å²) in [4.78, 5) is 24.6. The van der Waals surface area contributed by atoms with Gasteiger partial charge in [-0.1, -0.05) is 46.3 Å². The smallest absolute Gasteiger partial charge is 0.303 e. The maximum absolute atomic E-state index is 12.9. The van der Waals surface area contributed by atoms with Crippen molar-refractivity contribution in [3.63, 3.8) is 0 Å². The van der Waals surface area contributed by atoms with Gasteiger partial charge in [0.15, 0.2) is 18.7 Å². The minimum absolute atomic E-state index is 0.00150. The van der Waals surface area contributed by atoms with Crippen molar-refractivity contribution in [1.82, 2.24) is 0 Å². The summed E-state index contributed by atoms with van der Waals surface area (Å²) in [6.45, 7) is 15.3. The Kier molecular flexibility index (Phi) is 7.47. The summed E-state index contributed by atoms with van der Waals surface area (Å²) < 4.78 is 43.0. The van der Waals surface area contributed by atoms with Crippen LogP contribution < -0.4 is 0 Å². The highest BCUT2D eigenvalue weighted by atomic mass is 16.8. The van der Waals surface area contributed by atoms with Gasteiger partial charge in [-0.3, -0.25) is 9.59 Å². The number of ether oxygens (including phenoxy) is 7. The average molecular weight is 733 g/mol. The van der Waals surface area contributed by atoms with Gasteiger partial charge in [0.25, 0.3) is 0 Å². The van der Waals surface area contributed by atoms with Crippen LogP contribution in [-0.2, 0) is 42.7 Å². The zero-order valence-electron chi connectivity index (χ0n) is 31.5. The first-order chi connectivity index (χ1) is 24.2. The number of hydrogen-bond acceptors (Lipinski definition) is 13. The molecule has 3 spiro atoms. The molecule has 4 heterocycles. The fraction of sp³-hybridized carbons (Fsp3) is 0.897. The van der Waals surface area contributed by atoms with Crippen LogP contribution in [0.3, 0.4) is 0 Å². The van der Waals surface area contributed by atoms with Gasteiger partial charge < -0.3 is 53.6 Å². The SMILES string of the molecule is CC(=O)O[C@@H]1[C@@H](O)[C@H](O[C@H]2CC[C@]34C[C@]35C[C@@H](OC(C)=O)[C@]3(C)[C@@H]6[C@@H](O[C@]7(C[C@H]6C)O[C@H](O)[C@@]6(C)O[C@@H]76)[C@H](O)[C@@]3(C)C5=CC[C@H]4C2(C)C)OC[C@H]1O. The standard InChI is InChI=1S/C39H56O13/c1-17-13-39(31-36(8,51-31)32(45)52-39)50-28-25(17)35(7)24(47-18(2)40)14-38-16-37(38)12-11-23(49-30-26(43)27(48-19(3)41)20(42)15-46-30)33(4,5)21(37)9-10-22(38)34(35,6)29(28)44/h10,17,20-21,23-32,42-45H,9,11-16H2,1-8H3/t17-,20-,21+,23+,24-,25+,26-,27+,28-,29+,30+,31-,32+,34-,35-,36+,37-,38+,39-/m1/s1. The van der Waals surface area contributed by atoms with E-state index >= 15 is 0 Å². The van der Waals surface area contributed by atoms with Crippen molar-refractivity contribution in [3.05, 3.63) is 11.6 Å². The van der Waals surface area contributed by atoms with Gasteiger partial charge in [-0.2, -0.15) is 0 Å². The molecule has 9 rings (SSSR count). The highest BCUT2D eigenvalue weighted by Gasteiger charge is 2.87. The molecule has 13 heteroatoms. The van der Waals surface area contributed by atoms with Gasteiger partial charge in [-0.05, 0) is 61.7 Å². The van der Waals surface area contributed by atoms with Crippen LogP contribution in [0.1, 0.15) is 93.9 Å². The Morgan fingerprint density at radius 2 is 1.63 bits per heavy atom. The summed E-state index contributed by atoms with van der Waals surface area (Å²) in [5.41, 5.74) is -1.82. The molecule has 290 valence electrons. The molecule has 0 aromatic heterocycles. The number of fused-ring (bicyclic) bond motifs is 6. The van der Waals surface area contributed by atoms with Crippen LogP contribution in [0.2, 0.25) is 0 Å². The van der Waals surface area contributed by atoms with E-state index in [1.165, 1.54) is 19.4 Å². The first kappa shape index (κ1) is 36.0. The quantitative estimate of drug-likeness (QED) is 0.188. The third-order valence-electron chi connectivity index (χ3n) is 16.5. The topological polar surface area (TPSA) is 183 Å². The number of aliphatic hydroxyl groups excluding tert-OH is 4. The number of allylic oxidation sites excluding steroid dienone is 1. The number of carbonyl (C=O) groups excluding carboxylic acids is 2. The Labute approximate surface area is 304 Å². The van der Waals surface area contributed by atoms with Crippen molar-refractivity contribution in [2.75, 3.05) is 6.61 Å². The van der Waals surface area contributed by atoms with E-state index in [4.69, 9.17) is 33.2 Å². The largest absolute Gasteiger partial charge is 0.462 e. The first-order valence-electron chi connectivity index (χ1n) is 19.3. The lowest BCUT2D eigenvalue weighted by atomic mass is 9.44. The van der Waals surface area contributed by atoms with Crippen molar-refractivity contribution < 1.29 is 63.2 Å². The van der Waals surface area contributed by atoms with Crippen LogP contribution >= 0.6 is 0 Å². The van der Waals surface area contributed by atoms with Crippen LogP contribution in [0.25, 0.3) is 0 Å². The van der Waals surface area contributed by atoms with Crippen LogP contribution in [0.4, 0.5) is 0 Å². The summed E-state index contributed by atoms with van der Waals surface area (Å²) in [5, 5.41) is 45.0. The van der Waals surface area contributed by atoms with Crippen molar-refractivity contribution in [1.29, 1.82) is 0 Å². The maximum atomic E-state index is 12.9. The Balaban J connectivity index is 1.05. The van der Waals surface area contributed by atoms with Crippen LogP contribution in [-0.4, -0.2) is 112 Å². The lowest BCUT2D eigenvalue weighted by Gasteiger charge is -2.62. The molecule has 13 nitrogen and oxygen atoms in total. The van der Waals surface area contributed by atoms with Gasteiger partial charge in [0.1, 0.15) is 30.0 Å². The van der Waals surface area contributed by atoms with E-state index in [1.807, 2.05) is 6.92 Å². The lowest BCUT2D eigenvalue weighted by Crippen LogP contribution is -2.62. The fourth-order valence-electron chi connectivity index (χ4n) is 14.1. The number of rotatable bonds is 4. The van der Waals surface area contributed by atoms with E-state index in [-0.39, 0.29) is 52.7 Å². The van der Waals surface area contributed by atoms with Crippen LogP contribution in [0.5, 0.6) is 0 Å². The van der Waals surface area contributed by atoms with Gasteiger partial charge in [0.2, 0.25) is 5.79 Å². The second-order valence-corrected chi connectivity index (χ2v) is 19.1. The van der Waals surface area contributed by atoms with Crippen molar-refractivity contribution in [2.24, 2.45) is 44.8 Å². The molecule has 0 amide bonds. The van der Waals surface area contributed by atoms with E-state index < -0.39 is 83.5 Å². The van der Waals surface area contributed by atoms with Gasteiger partial charge >= 0.3 is 11.9 Å². The predicted octanol–water partition coefficient (Wildman–Crippen LogP) is 2.49. The summed E-state index contributed by atoms with van der Waals surface area (Å²) in [7, 11) is 0. The lowest BCUT2D eigenvalue weighted by molar-refractivity contribution is -0.351. The second-order valence-electron chi connectivity index (χ2n) is 19.1. The molecule has 0 bridgehead atoms. The van der Waals surface area contributed by atoms with E-state index in [1.54, 1.807) is 0 Å². The van der Waals surface area contributed by atoms with Crippen LogP contribution in [0.15, 0.2) is 11.6 Å². The zero-order chi connectivity index (χ0) is 37.3. The molecular formula is C39H56O13. The molecule has 4 N–H and O–H groups in total. The van der Waals surface area contributed by atoms with Crippen molar-refractivity contribution in [3.8, 4) is 0 Å². The van der Waals surface area contributed by atoms with E-state index in [9.17, 15) is 30.0 Å². The molecule has 0 radical (unpaired) electrons. The summed E-state index contributed by atoms with van der Waals surface area (Å²) in [6, 6.07) is 0. The van der Waals surface area contributed by atoms with Gasteiger partial charge in [0.05, 0.1) is 24.9 Å². The zero-order valence-corrected chi connectivity index (χ0v) is 31.5. The minimum atomic E-state index is -1.35. The molecule has 52 heavy (non-hydrogen) atoms. The van der Waals surface area contributed by atoms with E-state index in [0.717, 1.165) is 19.3 Å². The number of carbonyl (C=O) groups is 2. The summed E-state index contributed by atoms with van der Waals surface area (Å²) in [5.74, 6) is -2.08. The number of esters is 2. The number of hydrogen-bond donors (Lipinski definition) is 4. The molecule has 4 saturated carbocycles. The van der Waals surface area contributed by atoms with Crippen molar-refractivity contribution in [2.45, 2.75) is 167 Å². The Bertz CT molecular complexity index is 1600. The summed E-state index contributed by atoms with van der Waals surface area (Å²) in [6.07, 6.45) is -1.89. The second kappa shape index (κ2) is 10.8. The molecule has 4 aliphatic heterocycles. The normalized spacial score (nSPS) is 59.1.